The van der Waals surface area contributed by atoms with Crippen LogP contribution in [0.3, 0.4) is 0 Å². The first-order chi connectivity index (χ1) is 11.6. The third-order valence-corrected chi connectivity index (χ3v) is 3.16. The number of anilines is 1. The van der Waals surface area contributed by atoms with Crippen molar-refractivity contribution in [3.63, 3.8) is 0 Å². The minimum absolute atomic E-state index is 0.155. The van der Waals surface area contributed by atoms with Gasteiger partial charge in [0.15, 0.2) is 0 Å². The third-order valence-electron chi connectivity index (χ3n) is 3.16. The molecule has 0 atom stereocenters. The van der Waals surface area contributed by atoms with E-state index in [2.05, 4.69) is 20.8 Å². The molecule has 7 nitrogen and oxygen atoms in total. The molecule has 0 aliphatic rings. The van der Waals surface area contributed by atoms with E-state index < -0.39 is 5.91 Å². The smallest absolute Gasteiger partial charge is 0.259 e. The summed E-state index contributed by atoms with van der Waals surface area (Å²) in [6, 6.07) is 10.9. The fraction of sp³-hybridized carbons (Fsp3) is 0.176. The predicted molar refractivity (Wildman–Crippen MR) is 93.1 cm³/mol. The molecular weight excluding hydrogens is 306 g/mol. The lowest BCUT2D eigenvalue weighted by Gasteiger charge is -2.11. The molecule has 0 saturated carbocycles. The average Bonchev–Trinajstić information content (AvgIpc) is 2.61. The molecule has 1 aromatic carbocycles. The van der Waals surface area contributed by atoms with E-state index >= 15 is 0 Å². The van der Waals surface area contributed by atoms with E-state index in [-0.39, 0.29) is 12.5 Å². The lowest BCUT2D eigenvalue weighted by molar-refractivity contribution is -0.120. The maximum Gasteiger partial charge on any atom is 0.259 e. The van der Waals surface area contributed by atoms with Gasteiger partial charge in [-0.25, -0.2) is 5.43 Å². The number of benzene rings is 1. The van der Waals surface area contributed by atoms with Gasteiger partial charge in [0.2, 0.25) is 0 Å². The van der Waals surface area contributed by atoms with Crippen LogP contribution in [0.4, 0.5) is 5.69 Å². The van der Waals surface area contributed by atoms with Crippen molar-refractivity contribution in [2.45, 2.75) is 0 Å². The van der Waals surface area contributed by atoms with Gasteiger partial charge in [0.25, 0.3) is 11.8 Å². The molecule has 0 saturated heterocycles. The predicted octanol–water partition coefficient (Wildman–Crippen LogP) is 1.03. The molecule has 2 amide bonds. The average molecular weight is 325 g/mol. The number of hydrazone groups is 1. The van der Waals surface area contributed by atoms with E-state index in [1.54, 1.807) is 18.3 Å². The van der Waals surface area contributed by atoms with Crippen LogP contribution in [0.2, 0.25) is 0 Å². The topological polar surface area (TPSA) is 86.7 Å². The summed E-state index contributed by atoms with van der Waals surface area (Å²) in [5.41, 5.74) is 4.76. The quantitative estimate of drug-likeness (QED) is 0.613. The lowest BCUT2D eigenvalue weighted by atomic mass is 10.2. The maximum absolute atomic E-state index is 11.8. The van der Waals surface area contributed by atoms with E-state index in [1.165, 1.54) is 12.4 Å². The normalized spacial score (nSPS) is 10.4. The van der Waals surface area contributed by atoms with Crippen molar-refractivity contribution < 1.29 is 9.59 Å². The van der Waals surface area contributed by atoms with Crippen LogP contribution in [0.25, 0.3) is 0 Å². The number of amides is 2. The van der Waals surface area contributed by atoms with Crippen LogP contribution in [0.15, 0.2) is 53.9 Å². The van der Waals surface area contributed by atoms with Gasteiger partial charge in [-0.05, 0) is 29.8 Å². The van der Waals surface area contributed by atoms with Crippen molar-refractivity contribution >= 4 is 23.7 Å². The molecule has 124 valence electrons. The van der Waals surface area contributed by atoms with Crippen molar-refractivity contribution in [2.24, 2.45) is 5.10 Å². The van der Waals surface area contributed by atoms with E-state index in [0.717, 1.165) is 11.3 Å². The fourth-order valence-electron chi connectivity index (χ4n) is 1.84. The number of nitrogens with zero attached hydrogens (tertiary/aromatic N) is 3. The largest absolute Gasteiger partial charge is 0.378 e. The van der Waals surface area contributed by atoms with E-state index in [1.807, 2.05) is 43.3 Å². The number of nitrogens with one attached hydrogen (secondary N) is 2. The first-order valence-electron chi connectivity index (χ1n) is 7.34. The van der Waals surface area contributed by atoms with Gasteiger partial charge in [0, 0.05) is 37.7 Å². The zero-order valence-corrected chi connectivity index (χ0v) is 13.6. The molecule has 0 aliphatic heterocycles. The fourth-order valence-corrected chi connectivity index (χ4v) is 1.84. The highest BCUT2D eigenvalue weighted by Crippen LogP contribution is 2.10. The second-order valence-electron chi connectivity index (χ2n) is 5.20. The van der Waals surface area contributed by atoms with Crippen molar-refractivity contribution in [3.05, 3.63) is 59.9 Å². The Balaban J connectivity index is 1.77. The second-order valence-corrected chi connectivity index (χ2v) is 5.20. The maximum atomic E-state index is 11.8. The Morgan fingerprint density at radius 2 is 1.79 bits per heavy atom. The summed E-state index contributed by atoms with van der Waals surface area (Å²) in [6.45, 7) is -0.155. The molecule has 0 bridgehead atoms. The van der Waals surface area contributed by atoms with Gasteiger partial charge in [0.1, 0.15) is 0 Å². The standard InChI is InChI=1S/C17H19N5O2/c1-22(2)15-5-3-13(4-6-15)11-20-21-16(23)12-19-17(24)14-7-9-18-10-8-14/h3-11H,12H2,1-2H3,(H,19,24)(H,21,23)/b20-11+. The molecular formula is C17H19N5O2. The Morgan fingerprint density at radius 1 is 1.12 bits per heavy atom. The number of pyridine rings is 1. The van der Waals surface area contributed by atoms with Crippen LogP contribution in [-0.2, 0) is 4.79 Å². The van der Waals surface area contributed by atoms with Gasteiger partial charge >= 0.3 is 0 Å². The number of hydrogen-bond donors (Lipinski definition) is 2. The molecule has 24 heavy (non-hydrogen) atoms. The Hall–Kier alpha value is -3.22. The van der Waals surface area contributed by atoms with Gasteiger partial charge < -0.3 is 10.2 Å². The summed E-state index contributed by atoms with van der Waals surface area (Å²) in [7, 11) is 3.92. The van der Waals surface area contributed by atoms with Gasteiger partial charge in [-0.2, -0.15) is 5.10 Å². The van der Waals surface area contributed by atoms with Crippen LogP contribution < -0.4 is 15.6 Å². The number of aromatic nitrogens is 1. The first-order valence-corrected chi connectivity index (χ1v) is 7.34. The van der Waals surface area contributed by atoms with Gasteiger partial charge in [-0.3, -0.25) is 14.6 Å². The molecule has 1 heterocycles. The van der Waals surface area contributed by atoms with Crippen LogP contribution in [0.1, 0.15) is 15.9 Å². The third kappa shape index (κ3) is 5.20. The van der Waals surface area contributed by atoms with Gasteiger partial charge in [-0.15, -0.1) is 0 Å². The van der Waals surface area contributed by atoms with Crippen LogP contribution in [0, 0.1) is 0 Å². The molecule has 2 N–H and O–H groups in total. The summed E-state index contributed by atoms with van der Waals surface area (Å²) in [5.74, 6) is -0.741. The highest BCUT2D eigenvalue weighted by molar-refractivity contribution is 5.96. The van der Waals surface area contributed by atoms with E-state index in [0.29, 0.717) is 5.56 Å². The summed E-state index contributed by atoms with van der Waals surface area (Å²) in [4.78, 5) is 29.2. The van der Waals surface area contributed by atoms with Crippen LogP contribution in [0.5, 0.6) is 0 Å². The molecule has 1 aromatic heterocycles. The molecule has 7 heteroatoms. The minimum Gasteiger partial charge on any atom is -0.378 e. The zero-order chi connectivity index (χ0) is 17.4. The minimum atomic E-state index is -0.404. The SMILES string of the molecule is CN(C)c1ccc(/C=N/NC(=O)CNC(=O)c2ccncc2)cc1. The van der Waals surface area contributed by atoms with E-state index in [4.69, 9.17) is 0 Å². The Labute approximate surface area is 140 Å². The van der Waals surface area contributed by atoms with E-state index in [9.17, 15) is 9.59 Å². The number of rotatable bonds is 6. The Bertz CT molecular complexity index is 712. The van der Waals surface area contributed by atoms with Crippen molar-refractivity contribution in [1.82, 2.24) is 15.7 Å². The molecule has 0 unspecified atom stereocenters. The molecule has 0 radical (unpaired) electrons. The Morgan fingerprint density at radius 3 is 2.42 bits per heavy atom. The molecule has 2 rings (SSSR count). The molecule has 2 aromatic rings. The van der Waals surface area contributed by atoms with Crippen molar-refractivity contribution in [3.8, 4) is 0 Å². The Kier molecular flexibility index (Phi) is 6.01. The first kappa shape index (κ1) is 17.1. The highest BCUT2D eigenvalue weighted by Gasteiger charge is 2.06. The molecule has 0 aliphatic carbocycles. The molecule has 0 fully saturated rings. The highest BCUT2D eigenvalue weighted by atomic mass is 16.2. The van der Waals surface area contributed by atoms with Gasteiger partial charge in [0.05, 0.1) is 12.8 Å². The van der Waals surface area contributed by atoms with Crippen molar-refractivity contribution in [2.75, 3.05) is 25.5 Å². The van der Waals surface area contributed by atoms with Crippen LogP contribution >= 0.6 is 0 Å². The summed E-state index contributed by atoms with van der Waals surface area (Å²) in [6.07, 6.45) is 4.57. The summed E-state index contributed by atoms with van der Waals surface area (Å²) in [5, 5.41) is 6.38. The summed E-state index contributed by atoms with van der Waals surface area (Å²) < 4.78 is 0. The number of hydrogen-bond acceptors (Lipinski definition) is 5. The number of carbonyl (C=O) groups is 2. The monoisotopic (exact) mass is 325 g/mol. The summed E-state index contributed by atoms with van der Waals surface area (Å²) >= 11 is 0. The lowest BCUT2D eigenvalue weighted by Crippen LogP contribution is -2.34. The van der Waals surface area contributed by atoms with Crippen molar-refractivity contribution in [1.29, 1.82) is 0 Å². The number of carbonyl (C=O) groups excluding carboxylic acids is 2. The zero-order valence-electron chi connectivity index (χ0n) is 13.6. The molecule has 0 spiro atoms. The van der Waals surface area contributed by atoms with Crippen LogP contribution in [-0.4, -0.2) is 43.7 Å². The second kappa shape index (κ2) is 8.42. The van der Waals surface area contributed by atoms with Gasteiger partial charge in [-0.1, -0.05) is 12.1 Å².